The lowest BCUT2D eigenvalue weighted by Crippen LogP contribution is -2.02. The Morgan fingerprint density at radius 3 is 2.50 bits per heavy atom. The van der Waals surface area contributed by atoms with Gasteiger partial charge < -0.3 is 10.8 Å². The van der Waals surface area contributed by atoms with Gasteiger partial charge in [-0.2, -0.15) is 0 Å². The Bertz CT molecular complexity index is 603. The van der Waals surface area contributed by atoms with E-state index in [1.54, 1.807) is 0 Å². The maximum atomic E-state index is 11.3. The van der Waals surface area contributed by atoms with Gasteiger partial charge in [-0.25, -0.2) is 9.78 Å². The van der Waals surface area contributed by atoms with Crippen molar-refractivity contribution >= 4 is 17.3 Å². The lowest BCUT2D eigenvalue weighted by molar-refractivity contribution is 0.0700. The SMILES string of the molecule is CC(C)Cc1nc(-c2ccc(CN)cc2)sc1C(=O)O. The van der Waals surface area contributed by atoms with E-state index in [0.29, 0.717) is 29.5 Å². The average Bonchev–Trinajstić information content (AvgIpc) is 2.82. The zero-order valence-electron chi connectivity index (χ0n) is 11.6. The minimum absolute atomic E-state index is 0.344. The third-order valence-electron chi connectivity index (χ3n) is 2.93. The molecule has 0 radical (unpaired) electrons. The molecule has 0 aliphatic rings. The average molecular weight is 290 g/mol. The first-order valence-electron chi connectivity index (χ1n) is 6.53. The molecule has 3 N–H and O–H groups in total. The second-order valence-corrected chi connectivity index (χ2v) is 6.10. The standard InChI is InChI=1S/C15H18N2O2S/c1-9(2)7-12-13(15(18)19)20-14(17-12)11-5-3-10(8-16)4-6-11/h3-6,9H,7-8,16H2,1-2H3,(H,18,19). The number of benzene rings is 1. The van der Waals surface area contributed by atoms with Gasteiger partial charge in [-0.15, -0.1) is 11.3 Å². The molecule has 106 valence electrons. The molecule has 0 saturated heterocycles. The van der Waals surface area contributed by atoms with Crippen LogP contribution in [0.4, 0.5) is 0 Å². The predicted octanol–water partition coefficient (Wildman–Crippen LogP) is 3.17. The molecule has 2 aromatic rings. The summed E-state index contributed by atoms with van der Waals surface area (Å²) in [4.78, 5) is 16.2. The van der Waals surface area contributed by atoms with Gasteiger partial charge in [0, 0.05) is 12.1 Å². The Labute approximate surface area is 122 Å². The van der Waals surface area contributed by atoms with Crippen LogP contribution in [0.15, 0.2) is 24.3 Å². The smallest absolute Gasteiger partial charge is 0.347 e. The molecule has 0 unspecified atom stereocenters. The van der Waals surface area contributed by atoms with Crippen LogP contribution in [0.5, 0.6) is 0 Å². The Hall–Kier alpha value is -1.72. The first-order chi connectivity index (χ1) is 9.51. The van der Waals surface area contributed by atoms with E-state index < -0.39 is 5.97 Å². The van der Waals surface area contributed by atoms with Gasteiger partial charge in [-0.1, -0.05) is 38.1 Å². The van der Waals surface area contributed by atoms with E-state index in [4.69, 9.17) is 5.73 Å². The molecule has 0 aliphatic carbocycles. The van der Waals surface area contributed by atoms with E-state index in [1.165, 1.54) is 11.3 Å². The summed E-state index contributed by atoms with van der Waals surface area (Å²) in [5, 5.41) is 10.0. The molecule has 2 rings (SSSR count). The summed E-state index contributed by atoms with van der Waals surface area (Å²) >= 11 is 1.23. The van der Waals surface area contributed by atoms with Crippen molar-refractivity contribution in [3.05, 3.63) is 40.4 Å². The van der Waals surface area contributed by atoms with E-state index in [2.05, 4.69) is 18.8 Å². The molecule has 1 aromatic carbocycles. The normalized spacial score (nSPS) is 11.0. The molecule has 0 aliphatic heterocycles. The summed E-state index contributed by atoms with van der Waals surface area (Å²) in [5.41, 5.74) is 8.23. The van der Waals surface area contributed by atoms with Crippen LogP contribution in [0, 0.1) is 5.92 Å². The fourth-order valence-electron chi connectivity index (χ4n) is 1.95. The largest absolute Gasteiger partial charge is 0.477 e. The van der Waals surface area contributed by atoms with Gasteiger partial charge in [0.15, 0.2) is 0 Å². The van der Waals surface area contributed by atoms with Gasteiger partial charge in [0.25, 0.3) is 0 Å². The zero-order chi connectivity index (χ0) is 14.7. The number of aromatic nitrogens is 1. The van der Waals surface area contributed by atoms with Gasteiger partial charge in [-0.3, -0.25) is 0 Å². The summed E-state index contributed by atoms with van der Waals surface area (Å²) in [7, 11) is 0. The van der Waals surface area contributed by atoms with Crippen LogP contribution in [0.2, 0.25) is 0 Å². The molecule has 4 nitrogen and oxygen atoms in total. The molecule has 0 spiro atoms. The molecule has 20 heavy (non-hydrogen) atoms. The maximum absolute atomic E-state index is 11.3. The van der Waals surface area contributed by atoms with Crippen LogP contribution in [0.25, 0.3) is 10.6 Å². The molecule has 0 bridgehead atoms. The summed E-state index contributed by atoms with van der Waals surface area (Å²) in [6.07, 6.45) is 0.680. The van der Waals surface area contributed by atoms with Gasteiger partial charge in [0.05, 0.1) is 5.69 Å². The van der Waals surface area contributed by atoms with Crippen LogP contribution in [0.3, 0.4) is 0 Å². The number of hydrogen-bond acceptors (Lipinski definition) is 4. The highest BCUT2D eigenvalue weighted by molar-refractivity contribution is 7.17. The summed E-state index contributed by atoms with van der Waals surface area (Å²) in [6, 6.07) is 7.76. The third-order valence-corrected chi connectivity index (χ3v) is 4.06. The molecule has 1 aromatic heterocycles. The Morgan fingerprint density at radius 2 is 2.00 bits per heavy atom. The number of nitrogens with zero attached hydrogens (tertiary/aromatic N) is 1. The molecular formula is C15H18N2O2S. The molecule has 5 heteroatoms. The molecular weight excluding hydrogens is 272 g/mol. The van der Waals surface area contributed by atoms with Crippen molar-refractivity contribution in [2.24, 2.45) is 11.7 Å². The van der Waals surface area contributed by atoms with Crippen LogP contribution < -0.4 is 5.73 Å². The van der Waals surface area contributed by atoms with Crippen LogP contribution >= 0.6 is 11.3 Å². The topological polar surface area (TPSA) is 76.2 Å². The fraction of sp³-hybridized carbons (Fsp3) is 0.333. The number of carbonyl (C=O) groups is 1. The summed E-state index contributed by atoms with van der Waals surface area (Å²) < 4.78 is 0. The monoisotopic (exact) mass is 290 g/mol. The number of aromatic carboxylic acids is 1. The second-order valence-electron chi connectivity index (χ2n) is 5.10. The van der Waals surface area contributed by atoms with Gasteiger partial charge in [-0.05, 0) is 17.9 Å². The van der Waals surface area contributed by atoms with Crippen LogP contribution in [0.1, 0.15) is 34.8 Å². The third kappa shape index (κ3) is 3.23. The summed E-state index contributed by atoms with van der Waals surface area (Å²) in [5.74, 6) is -0.523. The van der Waals surface area contributed by atoms with Gasteiger partial charge in [0.2, 0.25) is 0 Å². The highest BCUT2D eigenvalue weighted by atomic mass is 32.1. The van der Waals surface area contributed by atoms with E-state index in [1.807, 2.05) is 24.3 Å². The van der Waals surface area contributed by atoms with Crippen molar-refractivity contribution in [2.45, 2.75) is 26.8 Å². The highest BCUT2D eigenvalue weighted by Crippen LogP contribution is 2.29. The molecule has 0 atom stereocenters. The maximum Gasteiger partial charge on any atom is 0.347 e. The first-order valence-corrected chi connectivity index (χ1v) is 7.35. The minimum atomic E-state index is -0.900. The fourth-order valence-corrected chi connectivity index (χ4v) is 2.89. The second kappa shape index (κ2) is 6.15. The number of carboxylic acids is 1. The number of hydrogen-bond donors (Lipinski definition) is 2. The lowest BCUT2D eigenvalue weighted by atomic mass is 10.1. The van der Waals surface area contributed by atoms with Gasteiger partial charge in [0.1, 0.15) is 9.88 Å². The van der Waals surface area contributed by atoms with E-state index in [0.717, 1.165) is 16.1 Å². The van der Waals surface area contributed by atoms with Crippen molar-refractivity contribution in [3.8, 4) is 10.6 Å². The van der Waals surface area contributed by atoms with E-state index in [-0.39, 0.29) is 0 Å². The van der Waals surface area contributed by atoms with Crippen molar-refractivity contribution < 1.29 is 9.90 Å². The highest BCUT2D eigenvalue weighted by Gasteiger charge is 2.18. The van der Waals surface area contributed by atoms with Crippen LogP contribution in [-0.2, 0) is 13.0 Å². The Morgan fingerprint density at radius 1 is 1.35 bits per heavy atom. The van der Waals surface area contributed by atoms with Crippen molar-refractivity contribution in [1.82, 2.24) is 4.98 Å². The molecule has 1 heterocycles. The molecule has 0 saturated carbocycles. The zero-order valence-corrected chi connectivity index (χ0v) is 12.4. The Kier molecular flexibility index (Phi) is 4.52. The van der Waals surface area contributed by atoms with E-state index in [9.17, 15) is 9.90 Å². The van der Waals surface area contributed by atoms with Crippen molar-refractivity contribution in [3.63, 3.8) is 0 Å². The minimum Gasteiger partial charge on any atom is -0.477 e. The quantitative estimate of drug-likeness (QED) is 0.886. The Balaban J connectivity index is 2.38. The first kappa shape index (κ1) is 14.7. The van der Waals surface area contributed by atoms with Crippen molar-refractivity contribution in [2.75, 3.05) is 0 Å². The number of rotatable bonds is 5. The predicted molar refractivity (Wildman–Crippen MR) is 80.9 cm³/mol. The van der Waals surface area contributed by atoms with Crippen LogP contribution in [-0.4, -0.2) is 16.1 Å². The summed E-state index contributed by atoms with van der Waals surface area (Å²) in [6.45, 7) is 4.61. The molecule has 0 amide bonds. The molecule has 0 fully saturated rings. The number of carboxylic acid groups (broad SMARTS) is 1. The van der Waals surface area contributed by atoms with E-state index >= 15 is 0 Å². The number of thiazole rings is 1. The van der Waals surface area contributed by atoms with Crippen molar-refractivity contribution in [1.29, 1.82) is 0 Å². The lowest BCUT2D eigenvalue weighted by Gasteiger charge is -2.01. The van der Waals surface area contributed by atoms with Gasteiger partial charge >= 0.3 is 5.97 Å². The number of nitrogens with two attached hydrogens (primary N) is 1.